The fourth-order valence-electron chi connectivity index (χ4n) is 12.7. The summed E-state index contributed by atoms with van der Waals surface area (Å²) in [6.45, 7) is 65.9. The van der Waals surface area contributed by atoms with Crippen molar-refractivity contribution in [1.29, 1.82) is 0 Å². The predicted octanol–water partition coefficient (Wildman–Crippen LogP) is 26.4. The average molecular weight is 1460 g/mol. The first-order valence-electron chi connectivity index (χ1n) is 37.2. The van der Waals surface area contributed by atoms with E-state index in [9.17, 15) is 0 Å². The second-order valence-corrected chi connectivity index (χ2v) is 44.5. The molecule has 0 aliphatic rings. The van der Waals surface area contributed by atoms with E-state index in [4.69, 9.17) is 22.6 Å². The van der Waals surface area contributed by atoms with Gasteiger partial charge in [0.05, 0.1) is 10.6 Å². The van der Waals surface area contributed by atoms with Crippen LogP contribution in [0.4, 0.5) is 0 Å². The van der Waals surface area contributed by atoms with E-state index < -0.39 is 23.3 Å². The van der Waals surface area contributed by atoms with Crippen LogP contribution in [-0.2, 0) is 63.3 Å². The van der Waals surface area contributed by atoms with Gasteiger partial charge in [0.15, 0.2) is 8.15 Å². The SMILES string of the molecule is CC(C)(C)c1ccc(OP(c2ccc(-c3ccc(P(=O)(Oc4ccc(C(C)(C)C)cc4C(C)(C)C)Oc4ccc(C(C)(C)C)cc4C(C)(C)C)cc3)cc2)c2ccc(-c3ccc(P(=O)(Oc4ccc(C(C)(C)C)cc4C(C)(C)C)Oc4ccc(C(C)(C)C)cc4C(C)(C)C)cc3)cc2)c(C(C)(C)C)c1. The summed E-state index contributed by atoms with van der Waals surface area (Å²) in [5.41, 5.74) is 12.6. The van der Waals surface area contributed by atoms with Crippen molar-refractivity contribution >= 4 is 44.6 Å². The first-order valence-corrected chi connectivity index (χ1v) is 41.5. The number of benzene rings is 9. The highest BCUT2D eigenvalue weighted by molar-refractivity contribution is 7.68. The molecule has 0 unspecified atom stereocenters. The number of hydrogen-bond acceptors (Lipinski definition) is 7. The number of rotatable bonds is 16. The van der Waals surface area contributed by atoms with Crippen LogP contribution in [0.1, 0.15) is 263 Å². The van der Waals surface area contributed by atoms with Gasteiger partial charge in [-0.15, -0.1) is 0 Å². The zero-order chi connectivity index (χ0) is 77.3. The van der Waals surface area contributed by atoms with Crippen molar-refractivity contribution in [1.82, 2.24) is 0 Å². The third-order valence-electron chi connectivity index (χ3n) is 19.6. The zero-order valence-electron chi connectivity index (χ0n) is 68.6. The molecule has 9 rings (SSSR count). The highest BCUT2D eigenvalue weighted by atomic mass is 31.2. The first kappa shape index (κ1) is 81.0. The Kier molecular flexibility index (Phi) is 22.5. The molecular formula is C94H121O7P3. The molecule has 0 N–H and O–H groups in total. The molecule has 104 heavy (non-hydrogen) atoms. The van der Waals surface area contributed by atoms with E-state index in [2.05, 4.69) is 323 Å². The summed E-state index contributed by atoms with van der Waals surface area (Å²) in [4.78, 5) is 0. The Bertz CT molecular complexity index is 4220. The summed E-state index contributed by atoms with van der Waals surface area (Å²) in [6.07, 6.45) is 0. The molecule has 10 heteroatoms. The van der Waals surface area contributed by atoms with Crippen LogP contribution < -0.4 is 43.8 Å². The molecular weight excluding hydrogens is 1330 g/mol. The van der Waals surface area contributed by atoms with Crippen molar-refractivity contribution in [3.63, 3.8) is 0 Å². The summed E-state index contributed by atoms with van der Waals surface area (Å²) >= 11 is 0. The largest absolute Gasteiger partial charge is 0.464 e. The molecule has 0 spiro atoms. The molecule has 0 atom stereocenters. The highest BCUT2D eigenvalue weighted by Gasteiger charge is 2.40. The number of hydrogen-bond donors (Lipinski definition) is 0. The molecule has 0 saturated heterocycles. The van der Waals surface area contributed by atoms with Crippen molar-refractivity contribution in [2.75, 3.05) is 0 Å². The monoisotopic (exact) mass is 1450 g/mol. The van der Waals surface area contributed by atoms with Gasteiger partial charge >= 0.3 is 15.2 Å². The Labute approximate surface area is 629 Å². The van der Waals surface area contributed by atoms with E-state index in [1.54, 1.807) is 0 Å². The Morgan fingerprint density at radius 1 is 0.221 bits per heavy atom. The molecule has 0 bridgehead atoms. The fraction of sp³-hybridized carbons (Fsp3) is 0.426. The third-order valence-corrected chi connectivity index (χ3v) is 25.1. The van der Waals surface area contributed by atoms with Gasteiger partial charge in [0, 0.05) is 38.4 Å². The van der Waals surface area contributed by atoms with Crippen LogP contribution in [0.15, 0.2) is 188 Å². The third kappa shape index (κ3) is 19.0. The Hall–Kier alpha value is -7.13. The molecule has 0 saturated carbocycles. The molecule has 9 aromatic carbocycles. The summed E-state index contributed by atoms with van der Waals surface area (Å²) in [5, 5.41) is 2.96. The minimum absolute atomic E-state index is 0.0656. The summed E-state index contributed by atoms with van der Waals surface area (Å²) in [5.74, 6) is 2.96. The highest BCUT2D eigenvalue weighted by Crippen LogP contribution is 2.55. The molecule has 0 heterocycles. The van der Waals surface area contributed by atoms with Gasteiger partial charge in [0.25, 0.3) is 0 Å². The molecule has 0 fully saturated rings. The zero-order valence-corrected chi connectivity index (χ0v) is 71.3. The summed E-state index contributed by atoms with van der Waals surface area (Å²) in [7, 11) is -9.78. The van der Waals surface area contributed by atoms with Crippen LogP contribution >= 0.6 is 23.3 Å². The molecule has 7 nitrogen and oxygen atoms in total. The van der Waals surface area contributed by atoms with Crippen molar-refractivity contribution < 1.29 is 31.7 Å². The van der Waals surface area contributed by atoms with Gasteiger partial charge in [-0.05, 0) is 159 Å². The van der Waals surface area contributed by atoms with Crippen LogP contribution in [-0.4, -0.2) is 0 Å². The normalized spacial score (nSPS) is 13.5. The quantitative estimate of drug-likeness (QED) is 0.0892. The molecule has 0 radical (unpaired) electrons. The minimum Gasteiger partial charge on any atom is -0.464 e. The Morgan fingerprint density at radius 2 is 0.404 bits per heavy atom. The van der Waals surface area contributed by atoms with E-state index in [1.165, 1.54) is 27.8 Å². The van der Waals surface area contributed by atoms with E-state index in [1.807, 2.05) is 72.8 Å². The fourth-order valence-corrected chi connectivity index (χ4v) is 17.6. The van der Waals surface area contributed by atoms with Crippen LogP contribution in [0.3, 0.4) is 0 Å². The second kappa shape index (κ2) is 28.9. The van der Waals surface area contributed by atoms with Crippen LogP contribution in [0.25, 0.3) is 22.3 Å². The molecule has 0 aromatic heterocycles. The van der Waals surface area contributed by atoms with Crippen LogP contribution in [0, 0.1) is 0 Å². The smallest absolute Gasteiger partial charge is 0.462 e. The van der Waals surface area contributed by atoms with E-state index in [0.29, 0.717) is 33.6 Å². The second-order valence-electron chi connectivity index (χ2n) is 39.0. The van der Waals surface area contributed by atoms with Crippen molar-refractivity contribution in [3.05, 3.63) is 244 Å². The molecule has 0 amide bonds. The van der Waals surface area contributed by atoms with Gasteiger partial charge in [0.2, 0.25) is 0 Å². The van der Waals surface area contributed by atoms with Crippen molar-refractivity contribution in [2.45, 2.75) is 262 Å². The van der Waals surface area contributed by atoms with Gasteiger partial charge in [0.1, 0.15) is 28.7 Å². The van der Waals surface area contributed by atoms with E-state index in [-0.39, 0.29) is 54.1 Å². The summed E-state index contributed by atoms with van der Waals surface area (Å²) < 4.78 is 67.6. The average Bonchev–Trinajstić information content (AvgIpc) is 0.763. The maximum Gasteiger partial charge on any atom is 0.462 e. The lowest BCUT2D eigenvalue weighted by atomic mass is 9.80. The van der Waals surface area contributed by atoms with E-state index >= 15 is 9.13 Å². The standard InChI is InChI=1S/C94H121O7P3/c1-85(2,3)66-39-52-80(75(57-66)90(16,17)18)97-102(71-44-31-62(32-45-71)64-35-48-73(49-36-64)103(95,98-81-53-40-67(86(4,5)6)58-76(81)91(19,20)21)99-82-54-41-68(87(7,8)9)59-77(82)92(22,23)24)72-46-33-63(34-47-72)65-37-50-74(51-38-65)104(96,100-83-55-42-69(88(10,11)12)60-78(83)93(25,26)27)101-84-56-43-70(89(13,14)15)61-79(84)94(28,29)30/h31-61H,1-30H3. The molecule has 0 aliphatic heterocycles. The van der Waals surface area contributed by atoms with Crippen LogP contribution in [0.5, 0.6) is 28.7 Å². The molecule has 9 aromatic rings. The van der Waals surface area contributed by atoms with Gasteiger partial charge in [-0.1, -0.05) is 341 Å². The lowest BCUT2D eigenvalue weighted by Crippen LogP contribution is -2.21. The van der Waals surface area contributed by atoms with E-state index in [0.717, 1.165) is 66.4 Å². The minimum atomic E-state index is -4.16. The van der Waals surface area contributed by atoms with Crippen LogP contribution in [0.2, 0.25) is 0 Å². The lowest BCUT2D eigenvalue weighted by molar-refractivity contribution is 0.385. The van der Waals surface area contributed by atoms with Gasteiger partial charge < -0.3 is 22.6 Å². The summed E-state index contributed by atoms with van der Waals surface area (Å²) in [6, 6.07) is 64.7. The molecule has 554 valence electrons. The van der Waals surface area contributed by atoms with Gasteiger partial charge in [-0.3, -0.25) is 0 Å². The Balaban J connectivity index is 1.10. The topological polar surface area (TPSA) is 80.3 Å². The van der Waals surface area contributed by atoms with Crippen molar-refractivity contribution in [3.8, 4) is 51.0 Å². The predicted molar refractivity (Wildman–Crippen MR) is 447 cm³/mol. The maximum atomic E-state index is 16.2. The Morgan fingerprint density at radius 3 is 0.596 bits per heavy atom. The lowest BCUT2D eigenvalue weighted by Gasteiger charge is -2.31. The van der Waals surface area contributed by atoms with Gasteiger partial charge in [-0.25, -0.2) is 9.13 Å². The first-order chi connectivity index (χ1) is 47.5. The van der Waals surface area contributed by atoms with Crippen molar-refractivity contribution in [2.24, 2.45) is 0 Å². The molecule has 0 aliphatic carbocycles. The van der Waals surface area contributed by atoms with Gasteiger partial charge in [-0.2, -0.15) is 0 Å². The maximum absolute atomic E-state index is 16.2.